The molecule has 10 aromatic carbocycles. The molecular weight excluding hydrogens is 797 g/mol. The average Bonchev–Trinajstić information content (AvgIpc) is 3.93. The lowest BCUT2D eigenvalue weighted by atomic mass is 9.70. The van der Waals surface area contributed by atoms with Gasteiger partial charge in [-0.15, -0.1) is 0 Å². The topological polar surface area (TPSA) is 6.48 Å². The molecule has 3 aliphatic carbocycles. The van der Waals surface area contributed by atoms with Crippen molar-refractivity contribution in [3.8, 4) is 44.5 Å². The molecule has 0 fully saturated rings. The van der Waals surface area contributed by atoms with E-state index in [1.54, 1.807) is 0 Å². The van der Waals surface area contributed by atoms with Gasteiger partial charge in [-0.25, -0.2) is 0 Å². The van der Waals surface area contributed by atoms with Gasteiger partial charge in [-0.2, -0.15) is 0 Å². The van der Waals surface area contributed by atoms with Crippen molar-refractivity contribution >= 4 is 34.1 Å². The molecular formula is C64H46N2. The van der Waals surface area contributed by atoms with E-state index in [4.69, 9.17) is 0 Å². The summed E-state index contributed by atoms with van der Waals surface area (Å²) in [6, 6.07) is 90.1. The van der Waals surface area contributed by atoms with Crippen molar-refractivity contribution in [2.75, 3.05) is 9.80 Å². The van der Waals surface area contributed by atoms with E-state index in [0.29, 0.717) is 0 Å². The largest absolute Gasteiger partial charge is 0.310 e. The molecule has 66 heavy (non-hydrogen) atoms. The number of rotatable bonds is 7. The predicted molar refractivity (Wildman–Crippen MR) is 275 cm³/mol. The van der Waals surface area contributed by atoms with E-state index in [1.807, 2.05) is 0 Å². The van der Waals surface area contributed by atoms with Crippen LogP contribution in [0.25, 0.3) is 44.5 Å². The molecule has 0 amide bonds. The summed E-state index contributed by atoms with van der Waals surface area (Å²) in [5.74, 6) is 0. The highest BCUT2D eigenvalue weighted by Crippen LogP contribution is 2.64. The second-order valence-corrected chi connectivity index (χ2v) is 18.4. The first kappa shape index (κ1) is 38.3. The van der Waals surface area contributed by atoms with Crippen molar-refractivity contribution in [3.63, 3.8) is 0 Å². The second kappa shape index (κ2) is 14.7. The van der Waals surface area contributed by atoms with Gasteiger partial charge in [0.1, 0.15) is 0 Å². The van der Waals surface area contributed by atoms with Gasteiger partial charge in [0, 0.05) is 39.4 Å². The smallest absolute Gasteiger partial charge is 0.0727 e. The number of anilines is 6. The molecule has 1 atom stereocenters. The number of hydrogen-bond donors (Lipinski definition) is 0. The van der Waals surface area contributed by atoms with Crippen LogP contribution in [0.4, 0.5) is 34.1 Å². The highest BCUT2D eigenvalue weighted by Gasteiger charge is 2.52. The summed E-state index contributed by atoms with van der Waals surface area (Å²) in [4.78, 5) is 4.91. The Kier molecular flexibility index (Phi) is 8.51. The molecule has 1 unspecified atom stereocenters. The molecule has 0 heterocycles. The minimum Gasteiger partial charge on any atom is -0.310 e. The molecule has 10 aromatic rings. The molecule has 0 saturated carbocycles. The molecule has 0 N–H and O–H groups in total. The van der Waals surface area contributed by atoms with Crippen LogP contribution in [0, 0.1) is 0 Å². The van der Waals surface area contributed by atoms with Gasteiger partial charge >= 0.3 is 0 Å². The van der Waals surface area contributed by atoms with Gasteiger partial charge in [0.2, 0.25) is 0 Å². The Morgan fingerprint density at radius 2 is 0.621 bits per heavy atom. The van der Waals surface area contributed by atoms with Gasteiger partial charge in [-0.1, -0.05) is 190 Å². The van der Waals surface area contributed by atoms with Gasteiger partial charge in [-0.05, 0) is 139 Å². The highest BCUT2D eigenvalue weighted by atomic mass is 15.1. The Morgan fingerprint density at radius 3 is 1.15 bits per heavy atom. The van der Waals surface area contributed by atoms with Crippen LogP contribution in [-0.2, 0) is 10.8 Å². The highest BCUT2D eigenvalue weighted by molar-refractivity contribution is 5.98. The van der Waals surface area contributed by atoms with E-state index in [2.05, 4.69) is 266 Å². The monoisotopic (exact) mass is 842 g/mol. The van der Waals surface area contributed by atoms with Gasteiger partial charge in [-0.3, -0.25) is 0 Å². The second-order valence-electron chi connectivity index (χ2n) is 18.4. The maximum Gasteiger partial charge on any atom is 0.0727 e. The minimum absolute atomic E-state index is 0.154. The summed E-state index contributed by atoms with van der Waals surface area (Å²) < 4.78 is 0. The Hall–Kier alpha value is -8.20. The lowest BCUT2D eigenvalue weighted by Crippen LogP contribution is -2.26. The molecule has 1 spiro atoms. The summed E-state index contributed by atoms with van der Waals surface area (Å²) in [5, 5.41) is 0. The number of hydrogen-bond acceptors (Lipinski definition) is 2. The van der Waals surface area contributed by atoms with Crippen molar-refractivity contribution in [2.24, 2.45) is 0 Å². The van der Waals surface area contributed by atoms with Crippen LogP contribution in [-0.4, -0.2) is 0 Å². The van der Waals surface area contributed by atoms with E-state index in [9.17, 15) is 0 Å². The van der Waals surface area contributed by atoms with Crippen LogP contribution in [0.1, 0.15) is 47.2 Å². The average molecular weight is 843 g/mol. The predicted octanol–water partition coefficient (Wildman–Crippen LogP) is 16.9. The zero-order valence-corrected chi connectivity index (χ0v) is 37.0. The molecule has 3 aliphatic rings. The van der Waals surface area contributed by atoms with Crippen LogP contribution < -0.4 is 9.80 Å². The van der Waals surface area contributed by atoms with Gasteiger partial charge in [0.05, 0.1) is 11.1 Å². The zero-order chi connectivity index (χ0) is 44.0. The van der Waals surface area contributed by atoms with Crippen molar-refractivity contribution in [3.05, 3.63) is 276 Å². The first-order valence-electron chi connectivity index (χ1n) is 23.1. The molecule has 312 valence electrons. The van der Waals surface area contributed by atoms with Crippen molar-refractivity contribution < 1.29 is 0 Å². The van der Waals surface area contributed by atoms with Gasteiger partial charge < -0.3 is 9.80 Å². The Balaban J connectivity index is 1.07. The molecule has 0 aliphatic heterocycles. The van der Waals surface area contributed by atoms with Gasteiger partial charge in [0.15, 0.2) is 0 Å². The summed E-state index contributed by atoms with van der Waals surface area (Å²) in [7, 11) is 0. The quantitative estimate of drug-likeness (QED) is 0.158. The molecule has 0 bridgehead atoms. The summed E-state index contributed by atoms with van der Waals surface area (Å²) in [5.41, 5.74) is 24.1. The zero-order valence-electron chi connectivity index (χ0n) is 37.0. The fourth-order valence-corrected chi connectivity index (χ4v) is 11.8. The van der Waals surface area contributed by atoms with Crippen molar-refractivity contribution in [2.45, 2.75) is 24.7 Å². The number of fused-ring (bicyclic) bond motifs is 13. The Labute approximate surface area is 387 Å². The fourth-order valence-electron chi connectivity index (χ4n) is 11.8. The third-order valence-corrected chi connectivity index (χ3v) is 14.7. The molecule has 2 heteroatoms. The third kappa shape index (κ3) is 5.48. The van der Waals surface area contributed by atoms with Crippen molar-refractivity contribution in [1.29, 1.82) is 0 Å². The maximum atomic E-state index is 2.52. The normalized spacial score (nSPS) is 15.3. The first-order chi connectivity index (χ1) is 32.5. The summed E-state index contributed by atoms with van der Waals surface area (Å²) >= 11 is 0. The fraction of sp³-hybridized carbons (Fsp3) is 0.0625. The van der Waals surface area contributed by atoms with Crippen LogP contribution in [0.2, 0.25) is 0 Å². The number of para-hydroxylation sites is 3. The maximum absolute atomic E-state index is 2.52. The number of benzene rings is 10. The Morgan fingerprint density at radius 1 is 0.258 bits per heavy atom. The lowest BCUT2D eigenvalue weighted by Gasteiger charge is -2.34. The third-order valence-electron chi connectivity index (χ3n) is 14.7. The SMILES string of the molecule is CC1(C)c2ccccc2-c2ccc(N(c3ccc4c(c3)C3(c5ccccc5-c5ccc(N(c6ccccc6)c6ccccc6)cc53)c3ccccc3-4)c3ccccc3-c3ccccc3)cc21. The van der Waals surface area contributed by atoms with E-state index >= 15 is 0 Å². The van der Waals surface area contributed by atoms with E-state index < -0.39 is 5.41 Å². The van der Waals surface area contributed by atoms with E-state index in [-0.39, 0.29) is 5.41 Å². The summed E-state index contributed by atoms with van der Waals surface area (Å²) in [6.45, 7) is 4.75. The number of nitrogens with zero attached hydrogens (tertiary/aromatic N) is 2. The molecule has 13 rings (SSSR count). The van der Waals surface area contributed by atoms with E-state index in [1.165, 1.54) is 77.9 Å². The Bertz CT molecular complexity index is 3460. The van der Waals surface area contributed by atoms with Crippen LogP contribution in [0.5, 0.6) is 0 Å². The molecule has 0 radical (unpaired) electrons. The minimum atomic E-state index is -0.574. The van der Waals surface area contributed by atoms with Crippen LogP contribution in [0.15, 0.2) is 243 Å². The molecule has 0 saturated heterocycles. The van der Waals surface area contributed by atoms with E-state index in [0.717, 1.165) is 34.1 Å². The molecule has 0 aromatic heterocycles. The van der Waals surface area contributed by atoms with Crippen LogP contribution >= 0.6 is 0 Å². The first-order valence-corrected chi connectivity index (χ1v) is 23.1. The molecule has 2 nitrogen and oxygen atoms in total. The summed E-state index contributed by atoms with van der Waals surface area (Å²) in [6.07, 6.45) is 0. The van der Waals surface area contributed by atoms with Crippen molar-refractivity contribution in [1.82, 2.24) is 0 Å². The van der Waals surface area contributed by atoms with Crippen LogP contribution in [0.3, 0.4) is 0 Å². The lowest BCUT2D eigenvalue weighted by molar-refractivity contribution is 0.660. The standard InChI is InChI=1S/C64H46N2/c1-63(2)56-30-16-12-27-50(56)53-37-35-47(40-59(53)63)66(62-33-19-15-26-49(62)43-20-6-3-7-21-43)48-36-39-55-52-29-14-18-32-58(52)64(61(55)42-48)57-31-17-13-28-51(57)54-38-34-46(41-60(54)64)65(44-22-8-4-9-23-44)45-24-10-5-11-25-45/h3-42H,1-2H3. The van der Waals surface area contributed by atoms with Gasteiger partial charge in [0.25, 0.3) is 0 Å².